The van der Waals surface area contributed by atoms with Crippen LogP contribution in [0.3, 0.4) is 0 Å². The largest absolute Gasteiger partial charge is 0.331 e. The highest BCUT2D eigenvalue weighted by molar-refractivity contribution is 7.17. The summed E-state index contributed by atoms with van der Waals surface area (Å²) in [5, 5.41) is 6.71. The number of hydrogen-bond donors (Lipinski definition) is 2. The van der Waals surface area contributed by atoms with Gasteiger partial charge in [-0.25, -0.2) is 9.37 Å². The molecule has 1 amide bonds. The smallest absolute Gasteiger partial charge is 0.267 e. The van der Waals surface area contributed by atoms with Gasteiger partial charge in [0.25, 0.3) is 5.91 Å². The van der Waals surface area contributed by atoms with Crippen LogP contribution in [0.15, 0.2) is 42.5 Å². The van der Waals surface area contributed by atoms with E-state index >= 15 is 0 Å². The highest BCUT2D eigenvalue weighted by Crippen LogP contribution is 2.29. The molecule has 0 aliphatic heterocycles. The summed E-state index contributed by atoms with van der Waals surface area (Å²) in [6, 6.07) is 12.1. The monoisotopic (exact) mass is 389 g/mol. The molecule has 1 heterocycles. The summed E-state index contributed by atoms with van der Waals surface area (Å²) in [5.41, 5.74) is 2.78. The molecule has 0 bridgehead atoms. The van der Waals surface area contributed by atoms with E-state index in [9.17, 15) is 9.18 Å². The zero-order valence-electron chi connectivity index (χ0n) is 14.3. The fourth-order valence-corrected chi connectivity index (χ4v) is 3.53. The molecule has 0 radical (unpaired) electrons. The molecule has 2 N–H and O–H groups in total. The van der Waals surface area contributed by atoms with Crippen LogP contribution >= 0.6 is 22.9 Å². The van der Waals surface area contributed by atoms with Gasteiger partial charge in [0.15, 0.2) is 5.13 Å². The number of para-hydroxylation sites is 1. The average molecular weight is 390 g/mol. The topological polar surface area (TPSA) is 54.0 Å². The first-order chi connectivity index (χ1) is 12.5. The minimum Gasteiger partial charge on any atom is -0.331 e. The molecule has 3 rings (SSSR count). The molecular weight excluding hydrogens is 373 g/mol. The van der Waals surface area contributed by atoms with Gasteiger partial charge in [-0.3, -0.25) is 4.79 Å². The lowest BCUT2D eigenvalue weighted by atomic mass is 10.1. The van der Waals surface area contributed by atoms with Crippen LogP contribution in [0.1, 0.15) is 27.9 Å². The van der Waals surface area contributed by atoms with E-state index in [1.54, 1.807) is 6.92 Å². The molecule has 7 heteroatoms. The Hall–Kier alpha value is -2.44. The molecule has 4 nitrogen and oxygen atoms in total. The molecule has 0 atom stereocenters. The zero-order chi connectivity index (χ0) is 18.7. The van der Waals surface area contributed by atoms with Crippen molar-refractivity contribution in [3.63, 3.8) is 0 Å². The van der Waals surface area contributed by atoms with Crippen LogP contribution in [0, 0.1) is 12.7 Å². The Morgan fingerprint density at radius 1 is 1.23 bits per heavy atom. The third kappa shape index (κ3) is 4.03. The number of carbonyl (C=O) groups is 1. The molecule has 26 heavy (non-hydrogen) atoms. The van der Waals surface area contributed by atoms with Crippen LogP contribution < -0.4 is 10.6 Å². The first-order valence-electron chi connectivity index (χ1n) is 8.06. The number of carbonyl (C=O) groups excluding carboxylic acids is 1. The molecule has 0 fully saturated rings. The minimum absolute atomic E-state index is 0.0815. The number of aromatic nitrogens is 1. The van der Waals surface area contributed by atoms with Crippen molar-refractivity contribution < 1.29 is 9.18 Å². The summed E-state index contributed by atoms with van der Waals surface area (Å²) in [6.45, 7) is 3.83. The molecule has 1 aromatic heterocycles. The van der Waals surface area contributed by atoms with Gasteiger partial charge in [0.1, 0.15) is 10.7 Å². The number of amides is 1. The van der Waals surface area contributed by atoms with Gasteiger partial charge in [-0.15, -0.1) is 0 Å². The molecule has 0 saturated heterocycles. The standard InChI is InChI=1S/C19H17ClFN3OS/c1-3-12-6-4-5-7-15(12)24-19-22-11(2)17(26-19)18(25)23-16-9-8-13(20)10-14(16)21/h4-10H,3H2,1-2H3,(H,22,24)(H,23,25). The minimum atomic E-state index is -0.580. The fraction of sp³-hybridized carbons (Fsp3) is 0.158. The predicted octanol–water partition coefficient (Wildman–Crippen LogP) is 5.80. The maximum atomic E-state index is 13.9. The van der Waals surface area contributed by atoms with Gasteiger partial charge >= 0.3 is 0 Å². The maximum absolute atomic E-state index is 13.9. The fourth-order valence-electron chi connectivity index (χ4n) is 2.50. The second-order valence-electron chi connectivity index (χ2n) is 5.65. The summed E-state index contributed by atoms with van der Waals surface area (Å²) in [6.07, 6.45) is 0.886. The molecule has 0 spiro atoms. The van der Waals surface area contributed by atoms with Gasteiger partial charge in [0, 0.05) is 10.7 Å². The number of rotatable bonds is 5. The molecule has 134 valence electrons. The van der Waals surface area contributed by atoms with Crippen molar-refractivity contribution in [2.24, 2.45) is 0 Å². The van der Waals surface area contributed by atoms with E-state index in [0.29, 0.717) is 15.7 Å². The first-order valence-corrected chi connectivity index (χ1v) is 9.26. The van der Waals surface area contributed by atoms with E-state index in [1.807, 2.05) is 24.3 Å². The highest BCUT2D eigenvalue weighted by Gasteiger charge is 2.17. The second-order valence-corrected chi connectivity index (χ2v) is 7.08. The summed E-state index contributed by atoms with van der Waals surface area (Å²) in [5.74, 6) is -0.985. The molecule has 0 aliphatic carbocycles. The highest BCUT2D eigenvalue weighted by atomic mass is 35.5. The van der Waals surface area contributed by atoms with Gasteiger partial charge in [0.05, 0.1) is 11.4 Å². The summed E-state index contributed by atoms with van der Waals surface area (Å²) in [7, 11) is 0. The Labute approximate surface area is 160 Å². The van der Waals surface area contributed by atoms with Crippen molar-refractivity contribution in [3.8, 4) is 0 Å². The van der Waals surface area contributed by atoms with Crippen LogP contribution in [0.4, 0.5) is 20.9 Å². The van der Waals surface area contributed by atoms with Crippen LogP contribution in [-0.2, 0) is 6.42 Å². The zero-order valence-corrected chi connectivity index (χ0v) is 15.8. The number of anilines is 3. The SMILES string of the molecule is CCc1ccccc1Nc1nc(C)c(C(=O)Nc2ccc(Cl)cc2F)s1. The number of aryl methyl sites for hydroxylation is 2. The normalized spacial score (nSPS) is 10.6. The van der Waals surface area contributed by atoms with Gasteiger partial charge in [-0.05, 0) is 43.2 Å². The second kappa shape index (κ2) is 7.85. The molecule has 0 aliphatic rings. The van der Waals surface area contributed by atoms with E-state index in [4.69, 9.17) is 11.6 Å². The number of benzene rings is 2. The quantitative estimate of drug-likeness (QED) is 0.579. The van der Waals surface area contributed by atoms with E-state index in [0.717, 1.165) is 23.7 Å². The number of halogens is 2. The van der Waals surface area contributed by atoms with Gasteiger partial charge < -0.3 is 10.6 Å². The molecule has 0 saturated carbocycles. The lowest BCUT2D eigenvalue weighted by Gasteiger charge is -2.07. The lowest BCUT2D eigenvalue weighted by molar-refractivity contribution is 0.102. The Morgan fingerprint density at radius 3 is 2.73 bits per heavy atom. The van der Waals surface area contributed by atoms with Gasteiger partial charge in [-0.1, -0.05) is 48.1 Å². The molecule has 2 aromatic carbocycles. The molecular formula is C19H17ClFN3OS. The number of nitrogens with zero attached hydrogens (tertiary/aromatic N) is 1. The Kier molecular flexibility index (Phi) is 5.54. The third-order valence-electron chi connectivity index (χ3n) is 3.82. The summed E-state index contributed by atoms with van der Waals surface area (Å²) < 4.78 is 13.9. The van der Waals surface area contributed by atoms with E-state index in [-0.39, 0.29) is 10.7 Å². The maximum Gasteiger partial charge on any atom is 0.267 e. The van der Waals surface area contributed by atoms with Gasteiger partial charge in [-0.2, -0.15) is 0 Å². The van der Waals surface area contributed by atoms with Crippen molar-refractivity contribution in [2.75, 3.05) is 10.6 Å². The van der Waals surface area contributed by atoms with Crippen LogP contribution in [0.25, 0.3) is 0 Å². The summed E-state index contributed by atoms with van der Waals surface area (Å²) in [4.78, 5) is 17.3. The lowest BCUT2D eigenvalue weighted by Crippen LogP contribution is -2.12. The molecule has 3 aromatic rings. The van der Waals surface area contributed by atoms with Crippen LogP contribution in [0.2, 0.25) is 5.02 Å². The Morgan fingerprint density at radius 2 is 2.00 bits per heavy atom. The summed E-state index contributed by atoms with van der Waals surface area (Å²) >= 11 is 6.96. The van der Waals surface area contributed by atoms with Crippen molar-refractivity contribution in [1.29, 1.82) is 0 Å². The predicted molar refractivity (Wildman–Crippen MR) is 105 cm³/mol. The number of thiazole rings is 1. The Bertz CT molecular complexity index is 958. The van der Waals surface area contributed by atoms with Crippen LogP contribution in [-0.4, -0.2) is 10.9 Å². The third-order valence-corrected chi connectivity index (χ3v) is 5.13. The Balaban J connectivity index is 1.80. The van der Waals surface area contributed by atoms with Crippen molar-refractivity contribution >= 4 is 45.4 Å². The van der Waals surface area contributed by atoms with Crippen molar-refractivity contribution in [2.45, 2.75) is 20.3 Å². The number of hydrogen-bond acceptors (Lipinski definition) is 4. The first kappa shape index (κ1) is 18.4. The van der Waals surface area contributed by atoms with E-state index in [2.05, 4.69) is 22.5 Å². The number of nitrogens with one attached hydrogen (secondary N) is 2. The average Bonchev–Trinajstić information content (AvgIpc) is 2.98. The van der Waals surface area contributed by atoms with E-state index in [1.165, 1.54) is 23.5 Å². The van der Waals surface area contributed by atoms with Crippen molar-refractivity contribution in [3.05, 3.63) is 69.4 Å². The molecule has 0 unspecified atom stereocenters. The van der Waals surface area contributed by atoms with Crippen LogP contribution in [0.5, 0.6) is 0 Å². The van der Waals surface area contributed by atoms with Gasteiger partial charge in [0.2, 0.25) is 0 Å². The van der Waals surface area contributed by atoms with E-state index < -0.39 is 11.7 Å². The van der Waals surface area contributed by atoms with Crippen molar-refractivity contribution in [1.82, 2.24) is 4.98 Å².